The first-order chi connectivity index (χ1) is 21.3. The highest BCUT2D eigenvalue weighted by Gasteiger charge is 2.61. The molecule has 3 fully saturated rings. The number of carbonyl (C=O) groups excluding carboxylic acids is 2. The molecule has 0 aliphatic carbocycles. The van der Waals surface area contributed by atoms with Crippen LogP contribution in [0.25, 0.3) is 11.3 Å². The number of nitrogens with zero attached hydrogens (tertiary/aromatic N) is 6. The molecule has 9 nitrogen and oxygen atoms in total. The maximum absolute atomic E-state index is 15.2. The molecule has 1 aromatic carbocycles. The summed E-state index contributed by atoms with van der Waals surface area (Å²) in [7, 11) is 1.97. The second-order valence-corrected chi connectivity index (χ2v) is 12.7. The monoisotopic (exact) mass is 650 g/mol. The van der Waals surface area contributed by atoms with Crippen molar-refractivity contribution in [1.29, 1.82) is 0 Å². The van der Waals surface area contributed by atoms with Crippen LogP contribution < -0.4 is 9.64 Å². The molecule has 1 aromatic heterocycles. The fourth-order valence-corrected chi connectivity index (χ4v) is 7.16. The summed E-state index contributed by atoms with van der Waals surface area (Å²) in [5, 5.41) is -0.172. The molecule has 2 amide bonds. The molecule has 0 spiro atoms. The van der Waals surface area contributed by atoms with Crippen LogP contribution in [-0.4, -0.2) is 126 Å². The van der Waals surface area contributed by atoms with E-state index in [1.54, 1.807) is 6.07 Å². The SMILES string of the molecule is C=CC(=O)N1CCN2C(=O)c3c(N4CC(N5CCN(C)CC5)C[C@@]4(C)C(F)(F)F)nc(-c4ccccc4F)c(Cl)c3OC[C@H]2C1. The molecule has 14 heteroatoms. The van der Waals surface area contributed by atoms with Crippen molar-refractivity contribution in [2.45, 2.75) is 37.1 Å². The van der Waals surface area contributed by atoms with Crippen LogP contribution in [0.2, 0.25) is 5.02 Å². The van der Waals surface area contributed by atoms with Crippen molar-refractivity contribution in [1.82, 2.24) is 24.6 Å². The molecule has 4 aliphatic rings. The predicted octanol–water partition coefficient (Wildman–Crippen LogP) is 3.92. The maximum atomic E-state index is 15.2. The highest BCUT2D eigenvalue weighted by atomic mass is 35.5. The van der Waals surface area contributed by atoms with E-state index in [2.05, 4.69) is 21.4 Å². The van der Waals surface area contributed by atoms with Crippen molar-refractivity contribution in [2.75, 3.05) is 70.9 Å². The van der Waals surface area contributed by atoms with E-state index in [9.17, 15) is 9.59 Å². The van der Waals surface area contributed by atoms with E-state index in [4.69, 9.17) is 16.3 Å². The Bertz CT molecular complexity index is 1520. The normalized spacial score (nSPS) is 26.3. The first-order valence-electron chi connectivity index (χ1n) is 14.9. The first kappa shape index (κ1) is 31.6. The van der Waals surface area contributed by atoms with Gasteiger partial charge in [-0.1, -0.05) is 30.3 Å². The Balaban J connectivity index is 1.51. The molecule has 0 bridgehead atoms. The number of pyridine rings is 1. The van der Waals surface area contributed by atoms with Crippen LogP contribution in [0.4, 0.5) is 23.4 Å². The van der Waals surface area contributed by atoms with Gasteiger partial charge in [0.05, 0.1) is 11.7 Å². The number of amides is 2. The number of fused-ring (bicyclic) bond motifs is 2. The van der Waals surface area contributed by atoms with Gasteiger partial charge in [0, 0.05) is 64.0 Å². The molecule has 2 aromatic rings. The summed E-state index contributed by atoms with van der Waals surface area (Å²) in [4.78, 5) is 39.7. The van der Waals surface area contributed by atoms with Gasteiger partial charge in [-0.15, -0.1) is 0 Å². The lowest BCUT2D eigenvalue weighted by atomic mass is 9.95. The van der Waals surface area contributed by atoms with Crippen molar-refractivity contribution in [3.8, 4) is 17.0 Å². The summed E-state index contributed by atoms with van der Waals surface area (Å²) in [6.07, 6.45) is -3.76. The minimum absolute atomic E-state index is 0.0316. The molecular formula is C31H35ClF4N6O3. The van der Waals surface area contributed by atoms with Crippen molar-refractivity contribution in [3.63, 3.8) is 0 Å². The standard InChI is InChI=1S/C31H35ClF4N6O3/c1-4-23(43)40-13-14-41-20(16-40)18-45-27-24(29(41)44)28(37-26(25(27)32)21-7-5-6-8-22(21)33)42-17-19(15-30(42,2)31(34,35)36)39-11-9-38(3)10-12-39/h4-8,19-20H,1,9-18H2,2-3H3/t19?,20-,30+/m1/s1. The molecule has 0 saturated carbocycles. The number of alkyl halides is 3. The number of likely N-dealkylation sites (N-methyl/N-ethyl adjacent to an activating group) is 1. The van der Waals surface area contributed by atoms with Crippen LogP contribution in [0.15, 0.2) is 36.9 Å². The van der Waals surface area contributed by atoms with E-state index in [1.807, 2.05) is 7.05 Å². The molecule has 4 aliphatic heterocycles. The van der Waals surface area contributed by atoms with Crippen molar-refractivity contribution >= 4 is 29.2 Å². The molecule has 0 radical (unpaired) electrons. The van der Waals surface area contributed by atoms with E-state index in [0.29, 0.717) is 13.1 Å². The average molecular weight is 651 g/mol. The summed E-state index contributed by atoms with van der Waals surface area (Å²) in [5.74, 6) is -1.98. The molecule has 6 rings (SSSR count). The van der Waals surface area contributed by atoms with Gasteiger partial charge in [-0.2, -0.15) is 13.2 Å². The van der Waals surface area contributed by atoms with Crippen LogP contribution >= 0.6 is 11.6 Å². The minimum atomic E-state index is -4.70. The summed E-state index contributed by atoms with van der Waals surface area (Å²) in [5.41, 5.74) is -2.74. The lowest BCUT2D eigenvalue weighted by Crippen LogP contribution is -2.57. The van der Waals surface area contributed by atoms with Crippen LogP contribution in [0, 0.1) is 5.82 Å². The first-order valence-corrected chi connectivity index (χ1v) is 15.3. The van der Waals surface area contributed by atoms with Crippen molar-refractivity contribution < 1.29 is 31.9 Å². The largest absolute Gasteiger partial charge is 0.489 e. The Morgan fingerprint density at radius 1 is 1.11 bits per heavy atom. The average Bonchev–Trinajstić information content (AvgIpc) is 3.31. The summed E-state index contributed by atoms with van der Waals surface area (Å²) >= 11 is 6.82. The third-order valence-corrected chi connectivity index (χ3v) is 9.96. The number of rotatable bonds is 4. The van der Waals surface area contributed by atoms with Crippen LogP contribution in [0.1, 0.15) is 23.7 Å². The van der Waals surface area contributed by atoms with Crippen molar-refractivity contribution in [3.05, 3.63) is 53.3 Å². The zero-order chi connectivity index (χ0) is 32.3. The molecule has 45 heavy (non-hydrogen) atoms. The Labute approximate surface area is 263 Å². The fourth-order valence-electron chi connectivity index (χ4n) is 6.87. The van der Waals surface area contributed by atoms with Gasteiger partial charge in [-0.3, -0.25) is 14.5 Å². The number of aromatic nitrogens is 1. The smallest absolute Gasteiger partial charge is 0.411 e. The molecule has 5 heterocycles. The lowest BCUT2D eigenvalue weighted by Gasteiger charge is -2.40. The predicted molar refractivity (Wildman–Crippen MR) is 161 cm³/mol. The molecule has 1 unspecified atom stereocenters. The Morgan fingerprint density at radius 3 is 2.49 bits per heavy atom. The second-order valence-electron chi connectivity index (χ2n) is 12.3. The van der Waals surface area contributed by atoms with Gasteiger partial charge in [0.2, 0.25) is 5.91 Å². The Hall–Kier alpha value is -3.42. The van der Waals surface area contributed by atoms with Gasteiger partial charge in [-0.25, -0.2) is 9.37 Å². The zero-order valence-corrected chi connectivity index (χ0v) is 25.9. The Morgan fingerprint density at radius 2 is 1.82 bits per heavy atom. The third kappa shape index (κ3) is 5.42. The number of anilines is 1. The van der Waals surface area contributed by atoms with Gasteiger partial charge in [-0.05, 0) is 38.6 Å². The van der Waals surface area contributed by atoms with Gasteiger partial charge < -0.3 is 24.3 Å². The molecule has 242 valence electrons. The Kier molecular flexibility index (Phi) is 8.23. The fraction of sp³-hybridized carbons (Fsp3) is 0.516. The number of piperazine rings is 2. The van der Waals surface area contributed by atoms with E-state index in [-0.39, 0.29) is 78.5 Å². The van der Waals surface area contributed by atoms with Gasteiger partial charge >= 0.3 is 6.18 Å². The molecule has 0 N–H and O–H groups in total. The van der Waals surface area contributed by atoms with E-state index in [0.717, 1.165) is 24.9 Å². The molecule has 3 saturated heterocycles. The topological polar surface area (TPSA) is 72.5 Å². The summed E-state index contributed by atoms with van der Waals surface area (Å²) in [6, 6.07) is 4.61. The second kappa shape index (κ2) is 11.7. The van der Waals surface area contributed by atoms with Crippen molar-refractivity contribution in [2.24, 2.45) is 0 Å². The number of benzene rings is 1. The van der Waals surface area contributed by atoms with E-state index < -0.39 is 35.5 Å². The minimum Gasteiger partial charge on any atom is -0.489 e. The van der Waals surface area contributed by atoms with Crippen LogP contribution in [-0.2, 0) is 4.79 Å². The van der Waals surface area contributed by atoms with E-state index in [1.165, 1.54) is 34.1 Å². The summed E-state index contributed by atoms with van der Waals surface area (Å²) in [6.45, 7) is 7.64. The lowest BCUT2D eigenvalue weighted by molar-refractivity contribution is -0.180. The molecule has 3 atom stereocenters. The number of ether oxygens (including phenoxy) is 1. The highest BCUT2D eigenvalue weighted by Crippen LogP contribution is 2.51. The number of hydrogen-bond acceptors (Lipinski definition) is 7. The van der Waals surface area contributed by atoms with Crippen LogP contribution in [0.3, 0.4) is 0 Å². The molecular weight excluding hydrogens is 616 g/mol. The van der Waals surface area contributed by atoms with E-state index >= 15 is 17.6 Å². The van der Waals surface area contributed by atoms with Gasteiger partial charge in [0.1, 0.15) is 34.4 Å². The number of carbonyl (C=O) groups is 2. The quantitative estimate of drug-likeness (QED) is 0.367. The third-order valence-electron chi connectivity index (χ3n) is 9.61. The number of hydrogen-bond donors (Lipinski definition) is 0. The highest BCUT2D eigenvalue weighted by molar-refractivity contribution is 6.35. The number of halogens is 5. The maximum Gasteiger partial charge on any atom is 0.411 e. The summed E-state index contributed by atoms with van der Waals surface area (Å²) < 4.78 is 66.7. The van der Waals surface area contributed by atoms with Gasteiger partial charge in [0.15, 0.2) is 5.75 Å². The van der Waals surface area contributed by atoms with Gasteiger partial charge in [0.25, 0.3) is 5.91 Å². The zero-order valence-electron chi connectivity index (χ0n) is 25.1. The van der Waals surface area contributed by atoms with Crippen LogP contribution in [0.5, 0.6) is 5.75 Å².